The third-order valence-electron chi connectivity index (χ3n) is 5.78. The Hall–Kier alpha value is -3.21. The quantitative estimate of drug-likeness (QED) is 0.575. The summed E-state index contributed by atoms with van der Waals surface area (Å²) < 4.78 is 54.3. The summed E-state index contributed by atoms with van der Waals surface area (Å²) in [6, 6.07) is 12.5. The van der Waals surface area contributed by atoms with E-state index in [4.69, 9.17) is 9.47 Å². The van der Waals surface area contributed by atoms with E-state index in [0.29, 0.717) is 41.5 Å². The molecule has 1 aromatic heterocycles. The lowest BCUT2D eigenvalue weighted by molar-refractivity contribution is 0.0729. The molecule has 1 aliphatic heterocycles. The molecule has 1 aliphatic rings. The minimum Gasteiger partial charge on any atom is -0.495 e. The highest BCUT2D eigenvalue weighted by Gasteiger charge is 2.30. The summed E-state index contributed by atoms with van der Waals surface area (Å²) in [4.78, 5) is 13.1. The van der Waals surface area contributed by atoms with Gasteiger partial charge in [0.05, 0.1) is 31.6 Å². The van der Waals surface area contributed by atoms with E-state index in [-0.39, 0.29) is 23.7 Å². The molecule has 180 valence electrons. The van der Waals surface area contributed by atoms with Crippen molar-refractivity contribution < 1.29 is 27.1 Å². The average Bonchev–Trinajstić information content (AvgIpc) is 3.13. The third kappa shape index (κ3) is 4.44. The van der Waals surface area contributed by atoms with Gasteiger partial charge in [-0.2, -0.15) is 4.31 Å². The molecular weight excluding hydrogens is 461 g/mol. The zero-order chi connectivity index (χ0) is 24.5. The third-order valence-corrected chi connectivity index (χ3v) is 7.70. The number of carbonyl (C=O) groups is 1. The molecule has 0 aliphatic carbocycles. The maximum atomic E-state index is 14.4. The summed E-state index contributed by atoms with van der Waals surface area (Å²) in [6.07, 6.45) is 0. The number of halogens is 1. The lowest BCUT2D eigenvalue weighted by Crippen LogP contribution is -2.40. The number of morpholine rings is 1. The van der Waals surface area contributed by atoms with Crippen molar-refractivity contribution >= 4 is 21.6 Å². The molecule has 3 aromatic rings. The van der Waals surface area contributed by atoms with Crippen LogP contribution in [-0.2, 0) is 14.8 Å². The van der Waals surface area contributed by atoms with Crippen molar-refractivity contribution in [3.05, 3.63) is 71.3 Å². The number of nitrogens with zero attached hydrogens (tertiary/aromatic N) is 2. The number of benzene rings is 2. The van der Waals surface area contributed by atoms with Gasteiger partial charge in [0.15, 0.2) is 0 Å². The number of carbonyl (C=O) groups excluding carboxylic acids is 1. The Balaban J connectivity index is 1.65. The zero-order valence-corrected chi connectivity index (χ0v) is 20.0. The molecule has 0 spiro atoms. The lowest BCUT2D eigenvalue weighted by Gasteiger charge is -2.26. The smallest absolute Gasteiger partial charge is 0.257 e. The van der Waals surface area contributed by atoms with Gasteiger partial charge in [0.1, 0.15) is 16.5 Å². The number of aryl methyl sites for hydroxylation is 1. The molecule has 10 heteroatoms. The number of sulfonamides is 1. The van der Waals surface area contributed by atoms with Gasteiger partial charge in [-0.05, 0) is 50.2 Å². The summed E-state index contributed by atoms with van der Waals surface area (Å²) in [5.41, 5.74) is 2.26. The first-order valence-electron chi connectivity index (χ1n) is 10.7. The first kappa shape index (κ1) is 23.9. The highest BCUT2D eigenvalue weighted by atomic mass is 32.2. The molecule has 0 atom stereocenters. The normalized spacial score (nSPS) is 14.7. The molecule has 2 aromatic carbocycles. The van der Waals surface area contributed by atoms with Gasteiger partial charge in [-0.25, -0.2) is 12.8 Å². The molecule has 34 heavy (non-hydrogen) atoms. The topological polar surface area (TPSA) is 89.9 Å². The number of rotatable bonds is 6. The van der Waals surface area contributed by atoms with Crippen LogP contribution in [0, 0.1) is 19.7 Å². The van der Waals surface area contributed by atoms with Gasteiger partial charge in [0, 0.05) is 30.2 Å². The summed E-state index contributed by atoms with van der Waals surface area (Å²) in [5.74, 6) is -0.651. The van der Waals surface area contributed by atoms with E-state index in [1.54, 1.807) is 48.7 Å². The van der Waals surface area contributed by atoms with Crippen LogP contribution in [0.4, 0.5) is 10.1 Å². The van der Waals surface area contributed by atoms with Gasteiger partial charge >= 0.3 is 0 Å². The molecular formula is C24H26FN3O5S. The van der Waals surface area contributed by atoms with E-state index in [9.17, 15) is 17.6 Å². The fourth-order valence-electron chi connectivity index (χ4n) is 4.08. The second-order valence-corrected chi connectivity index (χ2v) is 9.81. The Labute approximate surface area is 198 Å². The number of para-hydroxylation sites is 1. The van der Waals surface area contributed by atoms with Gasteiger partial charge in [0.2, 0.25) is 10.0 Å². The minimum atomic E-state index is -3.85. The second kappa shape index (κ2) is 9.57. The lowest BCUT2D eigenvalue weighted by atomic mass is 10.2. The molecule has 0 radical (unpaired) electrons. The Bertz CT molecular complexity index is 1330. The van der Waals surface area contributed by atoms with Crippen LogP contribution in [0.25, 0.3) is 5.69 Å². The van der Waals surface area contributed by atoms with E-state index in [1.807, 2.05) is 0 Å². The second-order valence-electron chi connectivity index (χ2n) is 7.91. The molecule has 4 rings (SSSR count). The Morgan fingerprint density at radius 1 is 1.09 bits per heavy atom. The van der Waals surface area contributed by atoms with Crippen LogP contribution in [0.5, 0.6) is 5.75 Å². The van der Waals surface area contributed by atoms with Crippen molar-refractivity contribution in [1.82, 2.24) is 8.87 Å². The van der Waals surface area contributed by atoms with Crippen molar-refractivity contribution in [3.63, 3.8) is 0 Å². The summed E-state index contributed by atoms with van der Waals surface area (Å²) in [6.45, 7) is 4.63. The highest BCUT2D eigenvalue weighted by molar-refractivity contribution is 7.89. The van der Waals surface area contributed by atoms with Gasteiger partial charge in [-0.1, -0.05) is 12.1 Å². The largest absolute Gasteiger partial charge is 0.495 e. The first-order valence-corrected chi connectivity index (χ1v) is 12.2. The minimum absolute atomic E-state index is 0.0356. The van der Waals surface area contributed by atoms with Crippen LogP contribution in [-0.4, -0.2) is 56.6 Å². The summed E-state index contributed by atoms with van der Waals surface area (Å²) in [7, 11) is -2.46. The van der Waals surface area contributed by atoms with Crippen molar-refractivity contribution in [3.8, 4) is 11.4 Å². The predicted molar refractivity (Wildman–Crippen MR) is 126 cm³/mol. The van der Waals surface area contributed by atoms with Crippen molar-refractivity contribution in [2.45, 2.75) is 18.7 Å². The fraction of sp³-hybridized carbons (Fsp3) is 0.292. The van der Waals surface area contributed by atoms with Gasteiger partial charge in [-0.3, -0.25) is 4.79 Å². The number of hydrogen-bond donors (Lipinski definition) is 1. The SMILES string of the molecule is COc1ccc(NC(=O)c2cc(C)n(-c3ccccc3F)c2C)cc1S(=O)(=O)N1CCOCC1. The van der Waals surface area contributed by atoms with E-state index >= 15 is 0 Å². The monoisotopic (exact) mass is 487 g/mol. The Kier molecular flexibility index (Phi) is 6.74. The van der Waals surface area contributed by atoms with Crippen molar-refractivity contribution in [2.24, 2.45) is 0 Å². The van der Waals surface area contributed by atoms with E-state index < -0.39 is 21.7 Å². The van der Waals surface area contributed by atoms with Crippen LogP contribution in [0.3, 0.4) is 0 Å². The van der Waals surface area contributed by atoms with Gasteiger partial charge in [-0.15, -0.1) is 0 Å². The number of ether oxygens (including phenoxy) is 2. The molecule has 1 N–H and O–H groups in total. The molecule has 1 saturated heterocycles. The molecule has 1 amide bonds. The highest BCUT2D eigenvalue weighted by Crippen LogP contribution is 2.31. The van der Waals surface area contributed by atoms with E-state index in [0.717, 1.165) is 0 Å². The number of hydrogen-bond acceptors (Lipinski definition) is 5. The summed E-state index contributed by atoms with van der Waals surface area (Å²) in [5, 5.41) is 2.76. The Morgan fingerprint density at radius 2 is 1.79 bits per heavy atom. The molecule has 8 nitrogen and oxygen atoms in total. The average molecular weight is 488 g/mol. The van der Waals surface area contributed by atoms with E-state index in [2.05, 4.69) is 5.32 Å². The fourth-order valence-corrected chi connectivity index (χ4v) is 5.67. The zero-order valence-electron chi connectivity index (χ0n) is 19.2. The predicted octanol–water partition coefficient (Wildman–Crippen LogP) is 3.52. The Morgan fingerprint density at radius 3 is 2.47 bits per heavy atom. The first-order chi connectivity index (χ1) is 16.2. The van der Waals surface area contributed by atoms with Crippen LogP contribution >= 0.6 is 0 Å². The molecule has 0 unspecified atom stereocenters. The maximum Gasteiger partial charge on any atom is 0.257 e. The van der Waals surface area contributed by atoms with Crippen LogP contribution < -0.4 is 10.1 Å². The number of aromatic nitrogens is 1. The number of anilines is 1. The van der Waals surface area contributed by atoms with Crippen LogP contribution in [0.15, 0.2) is 53.4 Å². The molecule has 0 bridgehead atoms. The van der Waals surface area contributed by atoms with Crippen LogP contribution in [0.2, 0.25) is 0 Å². The standard InChI is InChI=1S/C24H26FN3O5S/c1-16-14-19(17(2)28(16)21-7-5-4-6-20(21)25)24(29)26-18-8-9-22(32-3)23(15-18)34(30,31)27-10-12-33-13-11-27/h4-9,14-15H,10-13H2,1-3H3,(H,26,29). The van der Waals surface area contributed by atoms with Crippen LogP contribution in [0.1, 0.15) is 21.7 Å². The summed E-state index contributed by atoms with van der Waals surface area (Å²) >= 11 is 0. The number of nitrogens with one attached hydrogen (secondary N) is 1. The van der Waals surface area contributed by atoms with E-state index in [1.165, 1.54) is 29.6 Å². The number of amides is 1. The van der Waals surface area contributed by atoms with Crippen molar-refractivity contribution in [1.29, 1.82) is 0 Å². The van der Waals surface area contributed by atoms with Gasteiger partial charge < -0.3 is 19.4 Å². The maximum absolute atomic E-state index is 14.4. The van der Waals surface area contributed by atoms with Crippen molar-refractivity contribution in [2.75, 3.05) is 38.7 Å². The molecule has 2 heterocycles. The molecule has 1 fully saturated rings. The van der Waals surface area contributed by atoms with Gasteiger partial charge in [0.25, 0.3) is 5.91 Å². The number of methoxy groups -OCH3 is 1. The molecule has 0 saturated carbocycles.